The molecule has 1 unspecified atom stereocenters. The Bertz CT molecular complexity index is 294. The largest absolute Gasteiger partial charge is 0.385 e. The van der Waals surface area contributed by atoms with E-state index in [1.165, 1.54) is 13.7 Å². The van der Waals surface area contributed by atoms with Crippen molar-refractivity contribution in [2.45, 2.75) is 43.9 Å². The second-order valence-electron chi connectivity index (χ2n) is 4.25. The van der Waals surface area contributed by atoms with Gasteiger partial charge >= 0.3 is 0 Å². The predicted molar refractivity (Wildman–Crippen MR) is 60.8 cm³/mol. The lowest BCUT2D eigenvalue weighted by atomic mass is 10.1. The van der Waals surface area contributed by atoms with Gasteiger partial charge in [0.25, 0.3) is 12.7 Å². The van der Waals surface area contributed by atoms with Crippen molar-refractivity contribution in [3.05, 3.63) is 25.2 Å². The highest BCUT2D eigenvalue weighted by atomic mass is 16.7. The molecule has 1 fully saturated rings. The molecule has 0 radical (unpaired) electrons. The number of hydrogen-bond acceptors (Lipinski definition) is 6. The van der Waals surface area contributed by atoms with E-state index in [4.69, 9.17) is 18.9 Å². The standard InChI is InChI=1S/C12H18O6/c1-7-4-3-5-9(17-7)18-8-6-16-12(15-2)11(14)10(8)13/h3-14H,1-2H3/t7-,8+,9-,10-,11+,12?/m0/s1. The van der Waals surface area contributed by atoms with Gasteiger partial charge in [0.2, 0.25) is 6.29 Å². The van der Waals surface area contributed by atoms with E-state index in [1.807, 2.05) is 19.1 Å². The van der Waals surface area contributed by atoms with Gasteiger partial charge in [-0.2, -0.15) is 11.2 Å². The molecule has 0 aromatic rings. The number of hydrogen-bond donors (Lipinski definition) is 2. The van der Waals surface area contributed by atoms with E-state index >= 15 is 0 Å². The van der Waals surface area contributed by atoms with Crippen LogP contribution in [0.15, 0.2) is 12.2 Å². The van der Waals surface area contributed by atoms with Gasteiger partial charge in [0.05, 0.1) is 0 Å². The summed E-state index contributed by atoms with van der Waals surface area (Å²) < 4.78 is 20.9. The molecule has 18 heavy (non-hydrogen) atoms. The Kier molecular flexibility index (Phi) is 4.50. The molecule has 2 heterocycles. The van der Waals surface area contributed by atoms with Crippen molar-refractivity contribution in [2.75, 3.05) is 7.11 Å². The molecule has 1 saturated heterocycles. The van der Waals surface area contributed by atoms with Gasteiger partial charge in [-0.05, 0) is 0 Å². The van der Waals surface area contributed by atoms with Crippen molar-refractivity contribution in [3.8, 4) is 0 Å². The molecular formula is C12H18O6. The van der Waals surface area contributed by atoms with E-state index in [9.17, 15) is 10.2 Å². The van der Waals surface area contributed by atoms with Crippen LogP contribution in [0.4, 0.5) is 0 Å². The van der Waals surface area contributed by atoms with Crippen LogP contribution in [0, 0.1) is 13.0 Å². The summed E-state index contributed by atoms with van der Waals surface area (Å²) in [4.78, 5) is 0. The summed E-state index contributed by atoms with van der Waals surface area (Å²) in [6.07, 6.45) is 0.866. The lowest BCUT2D eigenvalue weighted by molar-refractivity contribution is -0.271. The molecule has 6 heteroatoms. The van der Waals surface area contributed by atoms with Crippen LogP contribution < -0.4 is 0 Å². The molecule has 0 amide bonds. The maximum absolute atomic E-state index is 9.88. The lowest BCUT2D eigenvalue weighted by Gasteiger charge is -2.35. The van der Waals surface area contributed by atoms with Crippen LogP contribution in [-0.4, -0.2) is 54.3 Å². The second kappa shape index (κ2) is 5.92. The minimum absolute atomic E-state index is 0.0571. The summed E-state index contributed by atoms with van der Waals surface area (Å²) in [6.45, 7) is 3.19. The summed E-state index contributed by atoms with van der Waals surface area (Å²) >= 11 is 0. The number of methoxy groups -OCH3 is 1. The lowest BCUT2D eigenvalue weighted by Crippen LogP contribution is -2.53. The Balaban J connectivity index is 1.88. The van der Waals surface area contributed by atoms with Crippen LogP contribution in [0.25, 0.3) is 0 Å². The van der Waals surface area contributed by atoms with Gasteiger partial charge in [0.1, 0.15) is 12.4 Å². The highest BCUT2D eigenvalue weighted by Gasteiger charge is 2.47. The molecule has 2 N–H and O–H groups in total. The van der Waals surface area contributed by atoms with Gasteiger partial charge in [-0.1, -0.05) is 6.92 Å². The first-order chi connectivity index (χ1) is 8.61. The fourth-order valence-corrected chi connectivity index (χ4v) is 1.82. The average Bonchev–Trinajstić information content (AvgIpc) is 2.35. The molecule has 0 bridgehead atoms. The normalized spacial score (nSPS) is 44.2. The fraction of sp³-hybridized carbons (Fsp3) is 0.667. The summed E-state index contributed by atoms with van der Waals surface area (Å²) in [6, 6.07) is 0. The van der Waals surface area contributed by atoms with Gasteiger partial charge in [0, 0.05) is 13.2 Å². The molecule has 6 atom stereocenters. The topological polar surface area (TPSA) is 77.4 Å². The Morgan fingerprint density at radius 3 is 2.78 bits per heavy atom. The number of aliphatic hydroxyl groups excluding tert-OH is 2. The third-order valence-electron chi connectivity index (χ3n) is 2.83. The van der Waals surface area contributed by atoms with Crippen molar-refractivity contribution < 1.29 is 29.2 Å². The van der Waals surface area contributed by atoms with E-state index in [0.29, 0.717) is 0 Å². The zero-order valence-electron chi connectivity index (χ0n) is 10.3. The molecule has 0 spiro atoms. The highest BCUT2D eigenvalue weighted by molar-refractivity contribution is 5.04. The first-order valence-corrected chi connectivity index (χ1v) is 5.82. The van der Waals surface area contributed by atoms with Crippen LogP contribution in [0.1, 0.15) is 6.92 Å². The molecule has 2 aliphatic heterocycles. The van der Waals surface area contributed by atoms with E-state index in [-0.39, 0.29) is 6.10 Å². The third kappa shape index (κ3) is 2.97. The summed E-state index contributed by atoms with van der Waals surface area (Å²) in [5.74, 6) is 0. The summed E-state index contributed by atoms with van der Waals surface area (Å²) in [5, 5.41) is 19.6. The van der Waals surface area contributed by atoms with Crippen molar-refractivity contribution in [2.24, 2.45) is 0 Å². The van der Waals surface area contributed by atoms with Crippen LogP contribution in [-0.2, 0) is 18.9 Å². The first kappa shape index (κ1) is 13.7. The molecule has 0 aromatic carbocycles. The Labute approximate surface area is 106 Å². The van der Waals surface area contributed by atoms with Crippen LogP contribution >= 0.6 is 0 Å². The summed E-state index contributed by atoms with van der Waals surface area (Å²) in [5.41, 5.74) is 0. The van der Waals surface area contributed by atoms with Gasteiger partial charge in [0.15, 0.2) is 6.10 Å². The van der Waals surface area contributed by atoms with Gasteiger partial charge < -0.3 is 24.4 Å². The third-order valence-corrected chi connectivity index (χ3v) is 2.83. The van der Waals surface area contributed by atoms with Crippen molar-refractivity contribution in [1.82, 2.24) is 0 Å². The molecule has 0 aliphatic carbocycles. The molecule has 0 saturated carbocycles. The Hall–Kier alpha value is -0.760. The maximum atomic E-state index is 9.88. The molecule has 2 aliphatic rings. The van der Waals surface area contributed by atoms with E-state index in [0.717, 1.165) is 0 Å². The summed E-state index contributed by atoms with van der Waals surface area (Å²) in [7, 11) is 1.39. The molecular weight excluding hydrogens is 240 g/mol. The zero-order valence-corrected chi connectivity index (χ0v) is 10.3. The monoisotopic (exact) mass is 258 g/mol. The van der Waals surface area contributed by atoms with E-state index in [2.05, 4.69) is 0 Å². The van der Waals surface area contributed by atoms with Crippen LogP contribution in [0.3, 0.4) is 0 Å². The molecule has 6 nitrogen and oxygen atoms in total. The smallest absolute Gasteiger partial charge is 0.264 e. The minimum atomic E-state index is -1.17. The fourth-order valence-electron chi connectivity index (χ4n) is 1.82. The Morgan fingerprint density at radius 2 is 2.11 bits per heavy atom. The van der Waals surface area contributed by atoms with Gasteiger partial charge in [-0.15, -0.1) is 0 Å². The minimum Gasteiger partial charge on any atom is -0.385 e. The second-order valence-corrected chi connectivity index (χ2v) is 4.25. The van der Waals surface area contributed by atoms with E-state index in [1.54, 1.807) is 6.42 Å². The maximum Gasteiger partial charge on any atom is 0.264 e. The van der Waals surface area contributed by atoms with Crippen molar-refractivity contribution >= 4 is 0 Å². The predicted octanol–water partition coefficient (Wildman–Crippen LogP) is -0.237. The zero-order chi connectivity index (χ0) is 13.1. The highest BCUT2D eigenvalue weighted by Crippen LogP contribution is 2.24. The van der Waals surface area contributed by atoms with Gasteiger partial charge in [-0.3, -0.25) is 0 Å². The number of aliphatic hydroxyl groups is 2. The SMILES string of the molecule is COC1O[CH+][C@@H](O[C@H]2[CH-]C=C[C@H](C)O2)[C@H](O)[C@H]1O. The average molecular weight is 258 g/mol. The molecule has 2 rings (SSSR count). The molecule has 0 aromatic heterocycles. The van der Waals surface area contributed by atoms with Crippen molar-refractivity contribution in [3.63, 3.8) is 0 Å². The van der Waals surface area contributed by atoms with E-state index < -0.39 is 30.9 Å². The number of ether oxygens (including phenoxy) is 4. The van der Waals surface area contributed by atoms with Crippen molar-refractivity contribution in [1.29, 1.82) is 0 Å². The number of rotatable bonds is 3. The molecule has 102 valence electrons. The van der Waals surface area contributed by atoms with Gasteiger partial charge in [-0.25, -0.2) is 12.2 Å². The van der Waals surface area contributed by atoms with Crippen LogP contribution in [0.2, 0.25) is 0 Å². The first-order valence-electron chi connectivity index (χ1n) is 5.82. The Morgan fingerprint density at radius 1 is 1.33 bits per heavy atom. The van der Waals surface area contributed by atoms with Crippen LogP contribution in [0.5, 0.6) is 0 Å². The quantitative estimate of drug-likeness (QED) is 0.681.